The van der Waals surface area contributed by atoms with Crippen molar-refractivity contribution in [3.8, 4) is 5.75 Å². The summed E-state index contributed by atoms with van der Waals surface area (Å²) in [5.41, 5.74) is 2.19. The minimum absolute atomic E-state index is 0.114. The summed E-state index contributed by atoms with van der Waals surface area (Å²) >= 11 is 5.87. The highest BCUT2D eigenvalue weighted by Gasteiger charge is 2.31. The lowest BCUT2D eigenvalue weighted by Gasteiger charge is -2.08. The zero-order valence-electron chi connectivity index (χ0n) is 14.5. The van der Waals surface area contributed by atoms with E-state index in [0.717, 1.165) is 23.4 Å². The summed E-state index contributed by atoms with van der Waals surface area (Å²) in [6.07, 6.45) is -1.99. The molecule has 3 aromatic rings. The number of hydrogen-bond acceptors (Lipinski definition) is 3. The molecule has 0 aliphatic rings. The molecule has 9 heteroatoms. The molecule has 0 N–H and O–H groups in total. The third kappa shape index (κ3) is 5.32. The van der Waals surface area contributed by atoms with Crippen molar-refractivity contribution < 1.29 is 22.3 Å². The van der Waals surface area contributed by atoms with Gasteiger partial charge in [0.2, 0.25) is 0 Å². The molecule has 4 nitrogen and oxygen atoms in total. The fourth-order valence-electron chi connectivity index (χ4n) is 2.51. The molecule has 1 aromatic carbocycles. The molecule has 0 aliphatic carbocycles. The first kappa shape index (κ1) is 19.9. The Bertz CT molecular complexity index is 997. The highest BCUT2D eigenvalue weighted by Crippen LogP contribution is 2.26. The Morgan fingerprint density at radius 3 is 2.54 bits per heavy atom. The van der Waals surface area contributed by atoms with Crippen LogP contribution in [-0.2, 0) is 6.54 Å². The molecule has 0 fully saturated rings. The number of benzene rings is 1. The number of pyridine rings is 1. The smallest absolute Gasteiger partial charge is 0.406 e. The van der Waals surface area contributed by atoms with Crippen LogP contribution in [0.3, 0.4) is 0 Å². The van der Waals surface area contributed by atoms with E-state index in [0.29, 0.717) is 17.4 Å². The average molecular weight is 412 g/mol. The zero-order chi connectivity index (χ0) is 20.3. The number of nitrogens with zero attached hydrogens (tertiary/aromatic N) is 3. The lowest BCUT2D eigenvalue weighted by molar-refractivity contribution is -0.274. The van der Waals surface area contributed by atoms with Crippen LogP contribution < -0.4 is 4.74 Å². The number of halogens is 5. The van der Waals surface area contributed by atoms with E-state index in [1.54, 1.807) is 29.1 Å². The van der Waals surface area contributed by atoms with Crippen molar-refractivity contribution in [3.05, 3.63) is 76.3 Å². The van der Waals surface area contributed by atoms with Crippen molar-refractivity contribution in [2.24, 2.45) is 0 Å². The van der Waals surface area contributed by atoms with Crippen LogP contribution in [0.5, 0.6) is 5.75 Å². The van der Waals surface area contributed by atoms with E-state index in [-0.39, 0.29) is 5.56 Å². The summed E-state index contributed by atoms with van der Waals surface area (Å²) < 4.78 is 56.4. The molecule has 0 radical (unpaired) electrons. The summed E-state index contributed by atoms with van der Waals surface area (Å²) in [4.78, 5) is 3.91. The van der Waals surface area contributed by atoms with Gasteiger partial charge in [0.25, 0.3) is 0 Å². The van der Waals surface area contributed by atoms with E-state index in [1.165, 1.54) is 18.2 Å². The highest BCUT2D eigenvalue weighted by molar-refractivity contribution is 6.29. The standard InChI is InChI=1S/C19H14ClF4N3O/c1-12-8-15(26-27(12)11-13-6-7-25-18(20)9-13)10-17(21)14-2-4-16(5-3-14)28-19(22,23)24/h2-10H,11H2,1H3/b17-10-. The molecule has 0 unspecified atom stereocenters. The van der Waals surface area contributed by atoms with Gasteiger partial charge in [-0.3, -0.25) is 4.68 Å². The molecule has 0 aliphatic heterocycles. The van der Waals surface area contributed by atoms with Crippen LogP contribution in [-0.4, -0.2) is 21.1 Å². The van der Waals surface area contributed by atoms with Gasteiger partial charge in [-0.15, -0.1) is 13.2 Å². The Kier molecular flexibility index (Phi) is 5.69. The Morgan fingerprint density at radius 1 is 1.18 bits per heavy atom. The fraction of sp³-hybridized carbons (Fsp3) is 0.158. The third-order valence-electron chi connectivity index (χ3n) is 3.76. The van der Waals surface area contributed by atoms with Crippen LogP contribution >= 0.6 is 11.6 Å². The molecular weight excluding hydrogens is 398 g/mol. The maximum absolute atomic E-state index is 14.4. The predicted molar refractivity (Wildman–Crippen MR) is 97.4 cm³/mol. The summed E-state index contributed by atoms with van der Waals surface area (Å²) in [7, 11) is 0. The first-order chi connectivity index (χ1) is 13.2. The molecule has 0 spiro atoms. The second-order valence-corrected chi connectivity index (χ2v) is 6.31. The Hall–Kier alpha value is -2.87. The van der Waals surface area contributed by atoms with E-state index in [9.17, 15) is 17.6 Å². The number of alkyl halides is 3. The van der Waals surface area contributed by atoms with Crippen molar-refractivity contribution in [1.82, 2.24) is 14.8 Å². The van der Waals surface area contributed by atoms with Crippen LogP contribution in [0.1, 0.15) is 22.5 Å². The Labute approximate surface area is 163 Å². The molecule has 0 saturated heterocycles. The summed E-state index contributed by atoms with van der Waals surface area (Å²) in [6.45, 7) is 2.27. The second kappa shape index (κ2) is 8.02. The normalized spacial score (nSPS) is 12.3. The van der Waals surface area contributed by atoms with E-state index in [1.807, 2.05) is 6.92 Å². The van der Waals surface area contributed by atoms with Gasteiger partial charge in [0.1, 0.15) is 16.7 Å². The topological polar surface area (TPSA) is 39.9 Å². The molecule has 0 bridgehead atoms. The van der Waals surface area contributed by atoms with Crippen LogP contribution in [0.4, 0.5) is 17.6 Å². The quantitative estimate of drug-likeness (QED) is 0.402. The van der Waals surface area contributed by atoms with Crippen molar-refractivity contribution in [1.29, 1.82) is 0 Å². The lowest BCUT2D eigenvalue weighted by atomic mass is 10.1. The zero-order valence-corrected chi connectivity index (χ0v) is 15.3. The van der Waals surface area contributed by atoms with Gasteiger partial charge in [-0.05, 0) is 55.0 Å². The Morgan fingerprint density at radius 2 is 1.89 bits per heavy atom. The van der Waals surface area contributed by atoms with Gasteiger partial charge in [-0.1, -0.05) is 11.6 Å². The summed E-state index contributed by atoms with van der Waals surface area (Å²) in [5.74, 6) is -1.05. The van der Waals surface area contributed by atoms with Crippen LogP contribution in [0.2, 0.25) is 5.15 Å². The van der Waals surface area contributed by atoms with E-state index >= 15 is 0 Å². The molecule has 0 saturated carbocycles. The second-order valence-electron chi connectivity index (χ2n) is 5.92. The molecule has 2 heterocycles. The van der Waals surface area contributed by atoms with E-state index in [4.69, 9.17) is 11.6 Å². The number of aromatic nitrogens is 3. The largest absolute Gasteiger partial charge is 0.573 e. The van der Waals surface area contributed by atoms with Gasteiger partial charge >= 0.3 is 6.36 Å². The van der Waals surface area contributed by atoms with Gasteiger partial charge in [-0.2, -0.15) is 5.10 Å². The molecule has 0 atom stereocenters. The fourth-order valence-corrected chi connectivity index (χ4v) is 2.71. The minimum atomic E-state index is -4.79. The molecular formula is C19H14ClF4N3O. The summed E-state index contributed by atoms with van der Waals surface area (Å²) in [5, 5.41) is 4.70. The van der Waals surface area contributed by atoms with Crippen LogP contribution in [0.15, 0.2) is 48.7 Å². The number of aryl methyl sites for hydroxylation is 1. The van der Waals surface area contributed by atoms with Gasteiger partial charge in [-0.25, -0.2) is 9.37 Å². The van der Waals surface area contributed by atoms with E-state index < -0.39 is 17.9 Å². The van der Waals surface area contributed by atoms with Crippen molar-refractivity contribution in [3.63, 3.8) is 0 Å². The monoisotopic (exact) mass is 411 g/mol. The number of ether oxygens (including phenoxy) is 1. The van der Waals surface area contributed by atoms with Crippen molar-refractivity contribution >= 4 is 23.5 Å². The lowest BCUT2D eigenvalue weighted by Crippen LogP contribution is -2.16. The van der Waals surface area contributed by atoms with Crippen LogP contribution in [0, 0.1) is 6.92 Å². The predicted octanol–water partition coefficient (Wildman–Crippen LogP) is 5.65. The first-order valence-corrected chi connectivity index (χ1v) is 8.46. The minimum Gasteiger partial charge on any atom is -0.406 e. The van der Waals surface area contributed by atoms with Gasteiger partial charge in [0.05, 0.1) is 12.2 Å². The molecule has 0 amide bonds. The Balaban J connectivity index is 1.76. The third-order valence-corrected chi connectivity index (χ3v) is 3.97. The highest BCUT2D eigenvalue weighted by atomic mass is 35.5. The van der Waals surface area contributed by atoms with Gasteiger partial charge in [0, 0.05) is 23.5 Å². The van der Waals surface area contributed by atoms with Crippen molar-refractivity contribution in [2.45, 2.75) is 19.8 Å². The van der Waals surface area contributed by atoms with E-state index in [2.05, 4.69) is 14.8 Å². The molecule has 28 heavy (non-hydrogen) atoms. The van der Waals surface area contributed by atoms with Crippen molar-refractivity contribution in [2.75, 3.05) is 0 Å². The van der Waals surface area contributed by atoms with Crippen LogP contribution in [0.25, 0.3) is 11.9 Å². The van der Waals surface area contributed by atoms with Gasteiger partial charge < -0.3 is 4.74 Å². The molecule has 3 rings (SSSR count). The number of hydrogen-bond donors (Lipinski definition) is 0. The average Bonchev–Trinajstić information content (AvgIpc) is 2.93. The summed E-state index contributed by atoms with van der Waals surface area (Å²) in [6, 6.07) is 9.71. The van der Waals surface area contributed by atoms with Gasteiger partial charge in [0.15, 0.2) is 0 Å². The molecule has 2 aromatic heterocycles. The number of rotatable bonds is 5. The maximum Gasteiger partial charge on any atom is 0.573 e. The SMILES string of the molecule is Cc1cc(/C=C(\F)c2ccc(OC(F)(F)F)cc2)nn1Cc1ccnc(Cl)c1. The molecule has 146 valence electrons. The first-order valence-electron chi connectivity index (χ1n) is 8.08. The maximum atomic E-state index is 14.4.